The van der Waals surface area contributed by atoms with Crippen LogP contribution < -0.4 is 5.11 Å². The van der Waals surface area contributed by atoms with Crippen LogP contribution in [0.15, 0.2) is 0 Å². The number of rotatable bonds is 4. The second-order valence-electron chi connectivity index (χ2n) is 7.96. The Bertz CT molecular complexity index is 385. The monoisotopic (exact) mass is 269 g/mol. The van der Waals surface area contributed by atoms with Crippen LogP contribution in [0.2, 0.25) is 0 Å². The molecule has 0 heterocycles. The molecular formula is C15H27NO3. The van der Waals surface area contributed by atoms with E-state index in [0.717, 1.165) is 12.8 Å². The molecule has 2 rings (SSSR count). The van der Waals surface area contributed by atoms with Crippen molar-refractivity contribution in [2.24, 2.45) is 17.3 Å². The minimum atomic E-state index is -1.11. The van der Waals surface area contributed by atoms with Crippen LogP contribution in [0.5, 0.6) is 0 Å². The van der Waals surface area contributed by atoms with E-state index in [4.69, 9.17) is 4.74 Å². The number of ether oxygens (including phenoxy) is 1. The Balaban J connectivity index is 2.23. The molecule has 0 aromatic rings. The van der Waals surface area contributed by atoms with E-state index in [1.807, 2.05) is 21.1 Å². The van der Waals surface area contributed by atoms with Gasteiger partial charge in [-0.2, -0.15) is 0 Å². The minimum Gasteiger partial charge on any atom is -0.542 e. The van der Waals surface area contributed by atoms with Crippen LogP contribution in [0.1, 0.15) is 40.0 Å². The van der Waals surface area contributed by atoms with Gasteiger partial charge in [-0.05, 0) is 30.1 Å². The molecule has 4 atom stereocenters. The number of carboxylic acids is 1. The minimum absolute atomic E-state index is 0.0840. The lowest BCUT2D eigenvalue weighted by Crippen LogP contribution is -2.58. The second kappa shape index (κ2) is 4.19. The van der Waals surface area contributed by atoms with E-state index in [-0.39, 0.29) is 15.5 Å². The number of nitrogens with zero attached hydrogens (tertiary/aromatic N) is 1. The van der Waals surface area contributed by atoms with Crippen molar-refractivity contribution in [3.8, 4) is 0 Å². The van der Waals surface area contributed by atoms with Crippen molar-refractivity contribution in [3.05, 3.63) is 0 Å². The van der Waals surface area contributed by atoms with Crippen molar-refractivity contribution in [3.63, 3.8) is 0 Å². The summed E-state index contributed by atoms with van der Waals surface area (Å²) in [5.41, 5.74) is -0.179. The third-order valence-corrected chi connectivity index (χ3v) is 5.27. The number of hydrogen-bond donors (Lipinski definition) is 0. The lowest BCUT2D eigenvalue weighted by atomic mass is 9.88. The van der Waals surface area contributed by atoms with Gasteiger partial charge in [-0.3, -0.25) is 0 Å². The molecule has 19 heavy (non-hydrogen) atoms. The SMILES string of the molecule is CC1CCC2C(C)(C)C2(OC(C(=O)[O-])[N+](C)(C)C)C1. The van der Waals surface area contributed by atoms with E-state index in [2.05, 4.69) is 20.8 Å². The molecule has 0 aromatic heterocycles. The average molecular weight is 269 g/mol. The molecule has 4 heteroatoms. The molecular weight excluding hydrogens is 242 g/mol. The number of hydrogen-bond acceptors (Lipinski definition) is 3. The van der Waals surface area contributed by atoms with Crippen molar-refractivity contribution in [1.29, 1.82) is 0 Å². The number of likely N-dealkylation sites (N-methyl/N-ethyl adjacent to an activating group) is 1. The van der Waals surface area contributed by atoms with Gasteiger partial charge >= 0.3 is 0 Å². The maximum Gasteiger partial charge on any atom is 0.234 e. The van der Waals surface area contributed by atoms with Crippen LogP contribution in [0.3, 0.4) is 0 Å². The van der Waals surface area contributed by atoms with Crippen LogP contribution in [-0.2, 0) is 9.53 Å². The van der Waals surface area contributed by atoms with E-state index < -0.39 is 12.2 Å². The van der Waals surface area contributed by atoms with Crippen LogP contribution in [0.25, 0.3) is 0 Å². The fraction of sp³-hybridized carbons (Fsp3) is 0.933. The lowest BCUT2D eigenvalue weighted by molar-refractivity contribution is -0.914. The van der Waals surface area contributed by atoms with Crippen molar-refractivity contribution in [2.45, 2.75) is 51.9 Å². The van der Waals surface area contributed by atoms with Crippen LogP contribution in [0, 0.1) is 17.3 Å². The first-order valence-electron chi connectivity index (χ1n) is 7.22. The maximum atomic E-state index is 11.4. The predicted molar refractivity (Wildman–Crippen MR) is 70.9 cm³/mol. The summed E-state index contributed by atoms with van der Waals surface area (Å²) in [5, 5.41) is 11.4. The molecule has 0 radical (unpaired) electrons. The van der Waals surface area contributed by atoms with Gasteiger partial charge in [0, 0.05) is 0 Å². The molecule has 0 bridgehead atoms. The first kappa shape index (κ1) is 14.8. The van der Waals surface area contributed by atoms with E-state index in [0.29, 0.717) is 11.8 Å². The molecule has 0 N–H and O–H groups in total. The molecule has 4 nitrogen and oxygen atoms in total. The number of carboxylic acid groups (broad SMARTS) is 1. The highest BCUT2D eigenvalue weighted by atomic mass is 16.6. The first-order chi connectivity index (χ1) is 8.52. The Morgan fingerprint density at radius 1 is 1.32 bits per heavy atom. The highest BCUT2D eigenvalue weighted by Gasteiger charge is 2.74. The first-order valence-corrected chi connectivity index (χ1v) is 7.22. The smallest absolute Gasteiger partial charge is 0.234 e. The average Bonchev–Trinajstić information content (AvgIpc) is 2.69. The fourth-order valence-electron chi connectivity index (χ4n) is 4.00. The normalized spacial score (nSPS) is 38.4. The number of carbonyl (C=O) groups is 1. The van der Waals surface area contributed by atoms with E-state index in [9.17, 15) is 9.90 Å². The fourth-order valence-corrected chi connectivity index (χ4v) is 4.00. The number of aliphatic carboxylic acids is 1. The topological polar surface area (TPSA) is 49.4 Å². The Morgan fingerprint density at radius 3 is 2.37 bits per heavy atom. The van der Waals surface area contributed by atoms with Gasteiger partial charge in [-0.15, -0.1) is 0 Å². The zero-order valence-electron chi connectivity index (χ0n) is 13.0. The molecule has 4 unspecified atom stereocenters. The third-order valence-electron chi connectivity index (χ3n) is 5.27. The quantitative estimate of drug-likeness (QED) is 0.565. The highest BCUT2D eigenvalue weighted by Crippen LogP contribution is 2.71. The van der Waals surface area contributed by atoms with Gasteiger partial charge < -0.3 is 19.1 Å². The summed E-state index contributed by atoms with van der Waals surface area (Å²) >= 11 is 0. The molecule has 0 amide bonds. The Hall–Kier alpha value is -0.610. The summed E-state index contributed by atoms with van der Waals surface area (Å²) in [4.78, 5) is 11.4. The molecule has 0 aliphatic heterocycles. The molecule has 2 fully saturated rings. The van der Waals surface area contributed by atoms with Crippen molar-refractivity contribution < 1.29 is 19.1 Å². The molecule has 0 spiro atoms. The van der Waals surface area contributed by atoms with Gasteiger partial charge in [0.1, 0.15) is 5.97 Å². The largest absolute Gasteiger partial charge is 0.542 e. The molecule has 0 aromatic carbocycles. The van der Waals surface area contributed by atoms with Crippen LogP contribution in [0.4, 0.5) is 0 Å². The Morgan fingerprint density at radius 2 is 1.89 bits per heavy atom. The standard InChI is InChI=1S/C15H27NO3/c1-10-7-8-11-14(2,3)15(11,9-10)19-12(13(17)18)16(4,5)6/h10-12H,7-9H2,1-6H3. The predicted octanol–water partition coefficient (Wildman–Crippen LogP) is 1.000. The summed E-state index contributed by atoms with van der Waals surface area (Å²) < 4.78 is 6.41. The zero-order chi connectivity index (χ0) is 14.6. The van der Waals surface area contributed by atoms with Gasteiger partial charge in [0.2, 0.25) is 6.23 Å². The maximum absolute atomic E-state index is 11.4. The summed E-state index contributed by atoms with van der Waals surface area (Å²) in [6, 6.07) is 0. The van der Waals surface area contributed by atoms with Gasteiger partial charge in [0.15, 0.2) is 0 Å². The van der Waals surface area contributed by atoms with Gasteiger partial charge in [-0.1, -0.05) is 27.2 Å². The van der Waals surface area contributed by atoms with Gasteiger partial charge in [-0.25, -0.2) is 0 Å². The molecule has 2 saturated carbocycles. The van der Waals surface area contributed by atoms with E-state index in [1.165, 1.54) is 6.42 Å². The third kappa shape index (κ3) is 2.19. The van der Waals surface area contributed by atoms with Crippen LogP contribution in [-0.4, -0.2) is 43.4 Å². The molecule has 0 saturated heterocycles. The van der Waals surface area contributed by atoms with E-state index in [1.54, 1.807) is 0 Å². The summed E-state index contributed by atoms with van der Waals surface area (Å²) in [5.74, 6) is -0.0148. The van der Waals surface area contributed by atoms with Crippen LogP contribution >= 0.6 is 0 Å². The van der Waals surface area contributed by atoms with Crippen molar-refractivity contribution in [1.82, 2.24) is 0 Å². The molecule has 2 aliphatic carbocycles. The summed E-state index contributed by atoms with van der Waals surface area (Å²) in [6.45, 7) is 6.64. The molecule has 2 aliphatic rings. The zero-order valence-corrected chi connectivity index (χ0v) is 13.0. The summed E-state index contributed by atoms with van der Waals surface area (Å²) in [7, 11) is 5.52. The van der Waals surface area contributed by atoms with Gasteiger partial charge in [0.05, 0.1) is 26.7 Å². The van der Waals surface area contributed by atoms with E-state index >= 15 is 0 Å². The Labute approximate surface area is 116 Å². The number of quaternary nitrogens is 1. The van der Waals surface area contributed by atoms with Crippen molar-refractivity contribution >= 4 is 5.97 Å². The van der Waals surface area contributed by atoms with Gasteiger partial charge in [0.25, 0.3) is 0 Å². The number of carbonyl (C=O) groups excluding carboxylic acids is 1. The Kier molecular flexibility index (Phi) is 3.26. The molecule has 110 valence electrons. The highest BCUT2D eigenvalue weighted by molar-refractivity contribution is 5.68. The summed E-state index contributed by atoms with van der Waals surface area (Å²) in [6.07, 6.45) is 2.44. The lowest BCUT2D eigenvalue weighted by Gasteiger charge is -2.39. The van der Waals surface area contributed by atoms with Crippen molar-refractivity contribution in [2.75, 3.05) is 21.1 Å². The number of fused-ring (bicyclic) bond motifs is 1. The second-order valence-corrected chi connectivity index (χ2v) is 7.96.